The van der Waals surface area contributed by atoms with E-state index in [2.05, 4.69) is 38.8 Å². The summed E-state index contributed by atoms with van der Waals surface area (Å²) in [6.07, 6.45) is 2.68. The Hall–Kier alpha value is -1.33. The van der Waals surface area contributed by atoms with E-state index < -0.39 is 0 Å². The van der Waals surface area contributed by atoms with Gasteiger partial charge < -0.3 is 0 Å². The maximum Gasteiger partial charge on any atom is 0.0714 e. The zero-order valence-corrected chi connectivity index (χ0v) is 9.79. The van der Waals surface area contributed by atoms with Crippen LogP contribution in [0.3, 0.4) is 0 Å². The molecule has 0 unspecified atom stereocenters. The Labute approximate surface area is 97.7 Å². The molecule has 1 heterocycles. The van der Waals surface area contributed by atoms with Crippen molar-refractivity contribution in [2.75, 3.05) is 5.33 Å². The van der Waals surface area contributed by atoms with Crippen LogP contribution in [0.15, 0.2) is 36.5 Å². The number of fused-ring (bicyclic) bond motifs is 1. The summed E-state index contributed by atoms with van der Waals surface area (Å²) < 4.78 is 0. The smallest absolute Gasteiger partial charge is 0.0714 e. The summed E-state index contributed by atoms with van der Waals surface area (Å²) in [7, 11) is 0. The summed E-state index contributed by atoms with van der Waals surface area (Å²) >= 11 is 3.36. The Morgan fingerprint density at radius 1 is 1.20 bits per heavy atom. The van der Waals surface area contributed by atoms with Crippen molar-refractivity contribution in [2.24, 2.45) is 0 Å². The van der Waals surface area contributed by atoms with Crippen LogP contribution in [0.4, 0.5) is 0 Å². The maximum absolute atomic E-state index is 4.29. The molecular formula is C13H10BrN. The van der Waals surface area contributed by atoms with Gasteiger partial charge in [-0.25, -0.2) is 0 Å². The summed E-state index contributed by atoms with van der Waals surface area (Å²) in [5, 5.41) is 2.05. The third-order valence-electron chi connectivity index (χ3n) is 2.09. The molecule has 0 radical (unpaired) electrons. The van der Waals surface area contributed by atoms with E-state index in [4.69, 9.17) is 0 Å². The Kier molecular flexibility index (Phi) is 3.37. The fourth-order valence-corrected chi connectivity index (χ4v) is 1.61. The third-order valence-corrected chi connectivity index (χ3v) is 2.49. The number of benzene rings is 1. The van der Waals surface area contributed by atoms with E-state index >= 15 is 0 Å². The van der Waals surface area contributed by atoms with Gasteiger partial charge in [-0.2, -0.15) is 0 Å². The second-order valence-electron chi connectivity index (χ2n) is 3.12. The van der Waals surface area contributed by atoms with Gasteiger partial charge in [-0.05, 0) is 12.1 Å². The fourth-order valence-electron chi connectivity index (χ4n) is 1.41. The van der Waals surface area contributed by atoms with E-state index in [-0.39, 0.29) is 0 Å². The molecule has 1 aromatic heterocycles. The first kappa shape index (κ1) is 10.2. The molecule has 0 atom stereocenters. The van der Waals surface area contributed by atoms with Crippen LogP contribution in [0, 0.1) is 11.8 Å². The van der Waals surface area contributed by atoms with Crippen molar-refractivity contribution in [3.63, 3.8) is 0 Å². The molecule has 0 spiro atoms. The number of hydrogen-bond acceptors (Lipinski definition) is 1. The number of rotatable bonds is 1. The molecule has 0 saturated heterocycles. The van der Waals surface area contributed by atoms with Gasteiger partial charge in [-0.3, -0.25) is 4.98 Å². The summed E-state index contributed by atoms with van der Waals surface area (Å²) in [5.41, 5.74) is 2.06. The van der Waals surface area contributed by atoms with Gasteiger partial charge >= 0.3 is 0 Å². The standard InChI is InChI=1S/C13H10BrN/c14-9-4-3-5-11-8-10-15-13-7-2-1-6-12(11)13/h1-2,6-8,10H,4,9H2. The van der Waals surface area contributed by atoms with Crippen LogP contribution >= 0.6 is 15.9 Å². The highest BCUT2D eigenvalue weighted by Crippen LogP contribution is 2.14. The monoisotopic (exact) mass is 259 g/mol. The predicted molar refractivity (Wildman–Crippen MR) is 67.0 cm³/mol. The first-order chi connectivity index (χ1) is 7.42. The molecule has 2 aromatic rings. The highest BCUT2D eigenvalue weighted by Gasteiger charge is 1.96. The van der Waals surface area contributed by atoms with E-state index in [1.165, 1.54) is 0 Å². The number of pyridine rings is 1. The minimum atomic E-state index is 0.872. The molecule has 2 heteroatoms. The number of aromatic nitrogens is 1. The average Bonchev–Trinajstić information content (AvgIpc) is 2.30. The Bertz CT molecular complexity index is 517. The van der Waals surface area contributed by atoms with Crippen molar-refractivity contribution in [1.82, 2.24) is 4.98 Å². The fraction of sp³-hybridized carbons (Fsp3) is 0.154. The lowest BCUT2D eigenvalue weighted by Gasteiger charge is -1.98. The Morgan fingerprint density at radius 3 is 2.93 bits per heavy atom. The van der Waals surface area contributed by atoms with Crippen molar-refractivity contribution in [3.05, 3.63) is 42.1 Å². The van der Waals surface area contributed by atoms with E-state index in [1.807, 2.05) is 24.3 Å². The number of para-hydroxylation sites is 1. The van der Waals surface area contributed by atoms with E-state index in [9.17, 15) is 0 Å². The van der Waals surface area contributed by atoms with Crippen LogP contribution in [-0.2, 0) is 0 Å². The molecule has 0 fully saturated rings. The zero-order chi connectivity index (χ0) is 10.5. The molecule has 0 aliphatic rings. The van der Waals surface area contributed by atoms with Gasteiger partial charge in [-0.1, -0.05) is 46.0 Å². The minimum Gasteiger partial charge on any atom is -0.256 e. The van der Waals surface area contributed by atoms with Crippen molar-refractivity contribution >= 4 is 26.8 Å². The highest BCUT2D eigenvalue weighted by molar-refractivity contribution is 9.09. The first-order valence-corrected chi connectivity index (χ1v) is 5.92. The van der Waals surface area contributed by atoms with Gasteiger partial charge in [0.15, 0.2) is 0 Å². The molecule has 0 saturated carbocycles. The van der Waals surface area contributed by atoms with Crippen molar-refractivity contribution < 1.29 is 0 Å². The van der Waals surface area contributed by atoms with E-state index in [1.54, 1.807) is 6.20 Å². The molecule has 1 aromatic carbocycles. The van der Waals surface area contributed by atoms with Crippen LogP contribution < -0.4 is 0 Å². The van der Waals surface area contributed by atoms with Gasteiger partial charge in [-0.15, -0.1) is 0 Å². The number of nitrogens with zero attached hydrogens (tertiary/aromatic N) is 1. The minimum absolute atomic E-state index is 0.872. The normalized spacial score (nSPS) is 9.67. The molecule has 0 bridgehead atoms. The Balaban J connectivity index is 2.48. The second-order valence-corrected chi connectivity index (χ2v) is 3.91. The van der Waals surface area contributed by atoms with Gasteiger partial charge in [0.05, 0.1) is 5.52 Å². The average molecular weight is 260 g/mol. The Morgan fingerprint density at radius 2 is 2.07 bits per heavy atom. The molecule has 0 aliphatic heterocycles. The molecule has 1 nitrogen and oxygen atoms in total. The maximum atomic E-state index is 4.29. The van der Waals surface area contributed by atoms with Crippen LogP contribution in [0.2, 0.25) is 0 Å². The highest BCUT2D eigenvalue weighted by atomic mass is 79.9. The van der Waals surface area contributed by atoms with Crippen LogP contribution in [-0.4, -0.2) is 10.3 Å². The summed E-state index contributed by atoms with van der Waals surface area (Å²) in [6, 6.07) is 10.0. The largest absolute Gasteiger partial charge is 0.256 e. The second kappa shape index (κ2) is 4.95. The number of alkyl halides is 1. The molecule has 0 aliphatic carbocycles. The molecular weight excluding hydrogens is 250 g/mol. The first-order valence-electron chi connectivity index (χ1n) is 4.80. The van der Waals surface area contributed by atoms with Crippen molar-refractivity contribution in [3.8, 4) is 11.8 Å². The van der Waals surface area contributed by atoms with Crippen LogP contribution in [0.1, 0.15) is 12.0 Å². The summed E-state index contributed by atoms with van der Waals surface area (Å²) in [6.45, 7) is 0. The van der Waals surface area contributed by atoms with Gasteiger partial charge in [0.1, 0.15) is 0 Å². The quantitative estimate of drug-likeness (QED) is 0.566. The lowest BCUT2D eigenvalue weighted by Crippen LogP contribution is -1.82. The summed E-state index contributed by atoms with van der Waals surface area (Å²) in [4.78, 5) is 4.29. The predicted octanol–water partition coefficient (Wildman–Crippen LogP) is 3.37. The molecule has 74 valence electrons. The van der Waals surface area contributed by atoms with Crippen LogP contribution in [0.25, 0.3) is 10.9 Å². The topological polar surface area (TPSA) is 12.9 Å². The lowest BCUT2D eigenvalue weighted by molar-refractivity contribution is 1.32. The SMILES string of the molecule is BrCCC#Cc1ccnc2ccccc12. The van der Waals surface area contributed by atoms with Crippen molar-refractivity contribution in [2.45, 2.75) is 6.42 Å². The summed E-state index contributed by atoms with van der Waals surface area (Å²) in [5.74, 6) is 6.29. The van der Waals surface area contributed by atoms with Crippen LogP contribution in [0.5, 0.6) is 0 Å². The van der Waals surface area contributed by atoms with Gasteiger partial charge in [0.25, 0.3) is 0 Å². The zero-order valence-electron chi connectivity index (χ0n) is 8.20. The van der Waals surface area contributed by atoms with Gasteiger partial charge in [0.2, 0.25) is 0 Å². The lowest BCUT2D eigenvalue weighted by atomic mass is 10.1. The van der Waals surface area contributed by atoms with Gasteiger partial charge in [0, 0.05) is 28.9 Å². The third kappa shape index (κ3) is 2.37. The molecule has 0 amide bonds. The molecule has 0 N–H and O–H groups in total. The molecule has 2 rings (SSSR count). The van der Waals surface area contributed by atoms with Crippen molar-refractivity contribution in [1.29, 1.82) is 0 Å². The van der Waals surface area contributed by atoms with E-state index in [0.717, 1.165) is 28.2 Å². The number of hydrogen-bond donors (Lipinski definition) is 0. The number of halogens is 1. The van der Waals surface area contributed by atoms with E-state index in [0.29, 0.717) is 0 Å². The molecule has 15 heavy (non-hydrogen) atoms.